The number of nitrogens with one attached hydrogen (secondary N) is 1. The third-order valence-corrected chi connectivity index (χ3v) is 6.06. The maximum atomic E-state index is 13.3. The topological polar surface area (TPSA) is 105 Å². The zero-order valence-corrected chi connectivity index (χ0v) is 18.5. The molecule has 1 N–H and O–H groups in total. The summed E-state index contributed by atoms with van der Waals surface area (Å²) in [5.41, 5.74) is 1.97. The Morgan fingerprint density at radius 1 is 1.09 bits per heavy atom. The van der Waals surface area contributed by atoms with Crippen molar-refractivity contribution < 1.29 is 14.5 Å². The summed E-state index contributed by atoms with van der Waals surface area (Å²) >= 11 is 1.20. The van der Waals surface area contributed by atoms with Crippen LogP contribution in [0.1, 0.15) is 12.0 Å². The van der Waals surface area contributed by atoms with E-state index < -0.39 is 16.1 Å². The molecule has 2 amide bonds. The Bertz CT molecular complexity index is 1230. The number of thioether (sulfide) groups is 1. The van der Waals surface area contributed by atoms with E-state index in [1.807, 2.05) is 48.5 Å². The van der Waals surface area contributed by atoms with Gasteiger partial charge in [-0.3, -0.25) is 24.6 Å². The molecule has 1 unspecified atom stereocenters. The largest absolute Gasteiger partial charge is 0.320 e. The highest BCUT2D eigenvalue weighted by atomic mass is 32.2. The molecule has 1 aliphatic rings. The van der Waals surface area contributed by atoms with E-state index in [0.717, 1.165) is 0 Å². The molecule has 0 aromatic heterocycles. The van der Waals surface area contributed by atoms with Crippen molar-refractivity contribution in [3.8, 4) is 0 Å². The molecule has 0 radical (unpaired) electrons. The Hall–Kier alpha value is -3.98. The summed E-state index contributed by atoms with van der Waals surface area (Å²) in [4.78, 5) is 42.9. The number of nitrogens with zero attached hydrogens (tertiary/aromatic N) is 3. The summed E-state index contributed by atoms with van der Waals surface area (Å²) in [5, 5.41) is 13.7. The van der Waals surface area contributed by atoms with Gasteiger partial charge in [-0.1, -0.05) is 54.2 Å². The first-order chi connectivity index (χ1) is 15.9. The number of amides is 2. The Balaban J connectivity index is 1.57. The zero-order chi connectivity index (χ0) is 23.4. The number of nitro groups is 1. The number of hydrogen-bond acceptors (Lipinski definition) is 6. The van der Waals surface area contributed by atoms with E-state index in [9.17, 15) is 19.7 Å². The number of hydrogen-bond donors (Lipinski definition) is 1. The van der Waals surface area contributed by atoms with Gasteiger partial charge in [0, 0.05) is 12.5 Å². The highest BCUT2D eigenvalue weighted by Gasteiger charge is 2.40. The smallest absolute Gasteiger partial charge is 0.293 e. The number of anilines is 2. The van der Waals surface area contributed by atoms with Crippen LogP contribution in [-0.2, 0) is 9.59 Å². The van der Waals surface area contributed by atoms with Gasteiger partial charge in [-0.15, -0.1) is 0 Å². The number of aryl methyl sites for hydroxylation is 1. The second kappa shape index (κ2) is 9.66. The monoisotopic (exact) mass is 460 g/mol. The molecule has 3 aromatic rings. The Labute approximate surface area is 194 Å². The summed E-state index contributed by atoms with van der Waals surface area (Å²) in [6.07, 6.45) is -0.147. The number of para-hydroxylation sites is 2. The molecule has 1 atom stereocenters. The quantitative estimate of drug-likeness (QED) is 0.409. The van der Waals surface area contributed by atoms with Crippen LogP contribution in [0.2, 0.25) is 0 Å². The van der Waals surface area contributed by atoms with Gasteiger partial charge in [-0.25, -0.2) is 4.99 Å². The number of rotatable bonds is 6. The molecule has 1 fully saturated rings. The van der Waals surface area contributed by atoms with Crippen LogP contribution in [0.4, 0.5) is 22.7 Å². The van der Waals surface area contributed by atoms with Gasteiger partial charge in [0.1, 0.15) is 10.9 Å². The Morgan fingerprint density at radius 3 is 2.42 bits per heavy atom. The molecular weight excluding hydrogens is 440 g/mol. The first kappa shape index (κ1) is 22.2. The number of aliphatic imine (C=N–C) groups is 1. The molecule has 1 saturated heterocycles. The fourth-order valence-corrected chi connectivity index (χ4v) is 4.52. The highest BCUT2D eigenvalue weighted by molar-refractivity contribution is 8.16. The number of carbonyl (C=O) groups excluding carboxylic acids is 2. The maximum absolute atomic E-state index is 13.3. The van der Waals surface area contributed by atoms with Crippen LogP contribution >= 0.6 is 11.8 Å². The molecule has 3 aromatic carbocycles. The standard InChI is InChI=1S/C24H20N4O4S/c1-16-12-13-19(20(14-16)28(31)32)26-22(29)15-21-23(30)27(18-10-6-3-7-11-18)24(33-21)25-17-8-4-2-5-9-17/h2-14,21H,15H2,1H3,(H,26,29). The van der Waals surface area contributed by atoms with Crippen molar-refractivity contribution >= 4 is 51.5 Å². The van der Waals surface area contributed by atoms with Crippen LogP contribution in [0, 0.1) is 17.0 Å². The molecule has 0 aliphatic carbocycles. The number of benzene rings is 3. The predicted molar refractivity (Wildman–Crippen MR) is 130 cm³/mol. The minimum absolute atomic E-state index is 0.101. The molecule has 33 heavy (non-hydrogen) atoms. The van der Waals surface area contributed by atoms with E-state index in [0.29, 0.717) is 22.1 Å². The van der Waals surface area contributed by atoms with E-state index in [-0.39, 0.29) is 23.7 Å². The molecule has 0 bridgehead atoms. The van der Waals surface area contributed by atoms with E-state index >= 15 is 0 Å². The van der Waals surface area contributed by atoms with Crippen molar-refractivity contribution in [2.75, 3.05) is 10.2 Å². The van der Waals surface area contributed by atoms with E-state index in [2.05, 4.69) is 10.3 Å². The van der Waals surface area contributed by atoms with E-state index in [1.54, 1.807) is 25.1 Å². The minimum atomic E-state index is -0.711. The molecule has 0 spiro atoms. The number of amidine groups is 1. The molecule has 0 saturated carbocycles. The van der Waals surface area contributed by atoms with Crippen LogP contribution in [0.5, 0.6) is 0 Å². The van der Waals surface area contributed by atoms with Gasteiger partial charge in [0.05, 0.1) is 16.3 Å². The van der Waals surface area contributed by atoms with Crippen molar-refractivity contribution in [3.63, 3.8) is 0 Å². The van der Waals surface area contributed by atoms with Gasteiger partial charge in [0.25, 0.3) is 5.69 Å². The second-order valence-corrected chi connectivity index (χ2v) is 8.55. The zero-order valence-electron chi connectivity index (χ0n) is 17.7. The summed E-state index contributed by atoms with van der Waals surface area (Å²) in [7, 11) is 0. The Kier molecular flexibility index (Phi) is 6.50. The average Bonchev–Trinajstić information content (AvgIpc) is 3.10. The van der Waals surface area contributed by atoms with Crippen molar-refractivity contribution in [2.24, 2.45) is 4.99 Å². The van der Waals surface area contributed by atoms with Gasteiger partial charge in [0.2, 0.25) is 11.8 Å². The highest BCUT2D eigenvalue weighted by Crippen LogP contribution is 2.35. The van der Waals surface area contributed by atoms with E-state index in [1.165, 1.54) is 28.8 Å². The van der Waals surface area contributed by atoms with Gasteiger partial charge < -0.3 is 5.32 Å². The summed E-state index contributed by atoms with van der Waals surface area (Å²) < 4.78 is 0. The lowest BCUT2D eigenvalue weighted by Crippen LogP contribution is -2.33. The minimum Gasteiger partial charge on any atom is -0.320 e. The van der Waals surface area contributed by atoms with Gasteiger partial charge in [-0.05, 0) is 42.8 Å². The van der Waals surface area contributed by atoms with Crippen LogP contribution in [0.15, 0.2) is 83.9 Å². The Morgan fingerprint density at radius 2 is 1.76 bits per heavy atom. The lowest BCUT2D eigenvalue weighted by Gasteiger charge is -2.16. The predicted octanol–water partition coefficient (Wildman–Crippen LogP) is 5.07. The fraction of sp³-hybridized carbons (Fsp3) is 0.125. The molecule has 8 nitrogen and oxygen atoms in total. The SMILES string of the molecule is Cc1ccc(NC(=O)CC2SC(=Nc3ccccc3)N(c3ccccc3)C2=O)c([N+](=O)[O-])c1. The van der Waals surface area contributed by atoms with Crippen LogP contribution in [-0.4, -0.2) is 27.2 Å². The third-order valence-electron chi connectivity index (χ3n) is 4.92. The molecule has 1 aliphatic heterocycles. The van der Waals surface area contributed by atoms with Crippen molar-refractivity contribution in [3.05, 3.63) is 94.5 Å². The first-order valence-corrected chi connectivity index (χ1v) is 11.0. The van der Waals surface area contributed by atoms with Crippen LogP contribution in [0.3, 0.4) is 0 Å². The van der Waals surface area contributed by atoms with Gasteiger partial charge in [-0.2, -0.15) is 0 Å². The van der Waals surface area contributed by atoms with Crippen molar-refractivity contribution in [1.82, 2.24) is 0 Å². The molecule has 1 heterocycles. The maximum Gasteiger partial charge on any atom is 0.293 e. The normalized spacial score (nSPS) is 16.8. The molecule has 166 valence electrons. The number of nitro benzene ring substituents is 1. The van der Waals surface area contributed by atoms with Crippen LogP contribution in [0.25, 0.3) is 0 Å². The summed E-state index contributed by atoms with van der Waals surface area (Å²) in [5.74, 6) is -0.754. The summed E-state index contributed by atoms with van der Waals surface area (Å²) in [6.45, 7) is 1.73. The molecular formula is C24H20N4O4S. The summed E-state index contributed by atoms with van der Waals surface area (Å²) in [6, 6.07) is 22.9. The van der Waals surface area contributed by atoms with Gasteiger partial charge >= 0.3 is 0 Å². The fourth-order valence-electron chi connectivity index (χ4n) is 3.37. The lowest BCUT2D eigenvalue weighted by molar-refractivity contribution is -0.384. The van der Waals surface area contributed by atoms with Crippen molar-refractivity contribution in [1.29, 1.82) is 0 Å². The van der Waals surface area contributed by atoms with E-state index in [4.69, 9.17) is 0 Å². The first-order valence-electron chi connectivity index (χ1n) is 10.2. The third kappa shape index (κ3) is 5.09. The van der Waals surface area contributed by atoms with Crippen LogP contribution < -0.4 is 10.2 Å². The van der Waals surface area contributed by atoms with Crippen molar-refractivity contribution in [2.45, 2.75) is 18.6 Å². The molecule has 4 rings (SSSR count). The van der Waals surface area contributed by atoms with Gasteiger partial charge in [0.15, 0.2) is 5.17 Å². The molecule has 9 heteroatoms. The lowest BCUT2D eigenvalue weighted by atomic mass is 10.2. The average molecular weight is 461 g/mol. The second-order valence-electron chi connectivity index (χ2n) is 7.38. The number of carbonyl (C=O) groups is 2.